The summed E-state index contributed by atoms with van der Waals surface area (Å²) in [6.07, 6.45) is 4.99. The average molecular weight is 776 g/mol. The van der Waals surface area contributed by atoms with Crippen LogP contribution in [0.2, 0.25) is 5.02 Å². The van der Waals surface area contributed by atoms with E-state index in [2.05, 4.69) is 24.6 Å². The number of piperazine rings is 1. The van der Waals surface area contributed by atoms with Gasteiger partial charge in [0.2, 0.25) is 11.8 Å². The minimum atomic E-state index is -1.08. The molecule has 0 aromatic heterocycles. The van der Waals surface area contributed by atoms with Crippen LogP contribution in [-0.2, 0) is 20.9 Å². The van der Waals surface area contributed by atoms with Gasteiger partial charge in [0.05, 0.1) is 24.5 Å². The Balaban J connectivity index is 1.57. The highest BCUT2D eigenvalue weighted by Gasteiger charge is 2.40. The topological polar surface area (TPSA) is 135 Å². The van der Waals surface area contributed by atoms with Crippen LogP contribution in [0.4, 0.5) is 25.8 Å². The van der Waals surface area contributed by atoms with E-state index in [0.29, 0.717) is 29.5 Å². The van der Waals surface area contributed by atoms with Crippen molar-refractivity contribution in [2.75, 3.05) is 50.7 Å². The number of halogens is 1. The molecule has 0 saturated carbocycles. The van der Waals surface area contributed by atoms with Crippen LogP contribution >= 0.6 is 11.6 Å². The standard InChI is InChI=1S/C41H54ClN7O6/c1-4-6-14-24-45(25-15-7-5-2)39(52)46-27-28-47(40(53)49(35-20-12-9-13-21-35)36-22-16-19-34(42)29-36)37(30-46)38(51)43-23-26-48(44-32(3)50)41(54)55-31-33-17-10-8-11-18-33/h8-13,16-22,29,37H,4-7,14-15,23-28,30-31H2,1-3H3,(H,43,51)(H,44,50)/t37-/m0/s1. The molecule has 55 heavy (non-hydrogen) atoms. The molecule has 1 aliphatic heterocycles. The number of rotatable bonds is 16. The summed E-state index contributed by atoms with van der Waals surface area (Å²) >= 11 is 6.38. The average Bonchev–Trinajstić information content (AvgIpc) is 3.19. The van der Waals surface area contributed by atoms with Crippen molar-refractivity contribution in [1.82, 2.24) is 30.5 Å². The maximum atomic E-state index is 14.7. The first-order valence-corrected chi connectivity index (χ1v) is 19.5. The fraction of sp³-hybridized carbons (Fsp3) is 0.439. The predicted octanol–water partition coefficient (Wildman–Crippen LogP) is 7.19. The van der Waals surface area contributed by atoms with Gasteiger partial charge in [-0.05, 0) is 48.7 Å². The Bertz CT molecular complexity index is 1690. The van der Waals surface area contributed by atoms with Crippen molar-refractivity contribution in [1.29, 1.82) is 0 Å². The third kappa shape index (κ3) is 12.9. The van der Waals surface area contributed by atoms with Crippen LogP contribution in [0.5, 0.6) is 0 Å². The molecule has 1 aliphatic rings. The van der Waals surface area contributed by atoms with Gasteiger partial charge in [-0.3, -0.25) is 19.9 Å². The number of nitrogens with one attached hydrogen (secondary N) is 2. The number of hydrazine groups is 1. The summed E-state index contributed by atoms with van der Waals surface area (Å²) in [5.74, 6) is -1.01. The van der Waals surface area contributed by atoms with E-state index in [9.17, 15) is 24.0 Å². The molecule has 1 fully saturated rings. The van der Waals surface area contributed by atoms with Crippen molar-refractivity contribution in [2.45, 2.75) is 71.9 Å². The van der Waals surface area contributed by atoms with Gasteiger partial charge >= 0.3 is 18.2 Å². The first kappa shape index (κ1) is 42.4. The van der Waals surface area contributed by atoms with Crippen LogP contribution in [0, 0.1) is 0 Å². The zero-order chi connectivity index (χ0) is 39.6. The second-order valence-corrected chi connectivity index (χ2v) is 13.9. The van der Waals surface area contributed by atoms with Crippen molar-refractivity contribution in [2.24, 2.45) is 0 Å². The molecule has 0 aliphatic carbocycles. The van der Waals surface area contributed by atoms with Gasteiger partial charge in [-0.2, -0.15) is 0 Å². The number of amides is 7. The van der Waals surface area contributed by atoms with Crippen molar-refractivity contribution < 1.29 is 28.7 Å². The number of hydrogen-bond acceptors (Lipinski definition) is 6. The Hall–Kier alpha value is -5.30. The van der Waals surface area contributed by atoms with Crippen molar-refractivity contribution >= 4 is 52.9 Å². The van der Waals surface area contributed by atoms with Gasteiger partial charge < -0.3 is 24.8 Å². The fourth-order valence-electron chi connectivity index (χ4n) is 6.30. The van der Waals surface area contributed by atoms with Gasteiger partial charge in [0.15, 0.2) is 0 Å². The Morgan fingerprint density at radius 2 is 1.42 bits per heavy atom. The summed E-state index contributed by atoms with van der Waals surface area (Å²) in [7, 11) is 0. The van der Waals surface area contributed by atoms with Crippen molar-refractivity contribution in [3.63, 3.8) is 0 Å². The molecule has 0 spiro atoms. The number of para-hydroxylation sites is 1. The smallest absolute Gasteiger partial charge is 0.429 e. The SMILES string of the molecule is CCCCCN(CCCCC)C(=O)N1CCN(C(=O)N(c2ccccc2)c2cccc(Cl)c2)[C@H](C(=O)NCCN(NC(C)=O)C(=O)OCc2ccccc2)C1. The Kier molecular flexibility index (Phi) is 17.1. The maximum absolute atomic E-state index is 14.7. The number of hydrogen-bond donors (Lipinski definition) is 2. The zero-order valence-electron chi connectivity index (χ0n) is 32.1. The third-order valence-corrected chi connectivity index (χ3v) is 9.39. The van der Waals surface area contributed by atoms with E-state index in [1.807, 2.05) is 53.4 Å². The lowest BCUT2D eigenvalue weighted by Crippen LogP contribution is -2.64. The molecule has 2 N–H and O–H groups in total. The number of carbonyl (C=O) groups excluding carboxylic acids is 5. The summed E-state index contributed by atoms with van der Waals surface area (Å²) in [6.45, 7) is 6.80. The number of unbranched alkanes of at least 4 members (excludes halogenated alkanes) is 4. The molecule has 4 rings (SSSR count). The molecule has 3 aromatic carbocycles. The monoisotopic (exact) mass is 775 g/mol. The van der Waals surface area contributed by atoms with Crippen LogP contribution in [0.25, 0.3) is 0 Å². The maximum Gasteiger partial charge on any atom is 0.429 e. The second kappa shape index (κ2) is 22.2. The predicted molar refractivity (Wildman–Crippen MR) is 214 cm³/mol. The lowest BCUT2D eigenvalue weighted by molar-refractivity contribution is -0.127. The quantitative estimate of drug-likeness (QED) is 0.117. The lowest BCUT2D eigenvalue weighted by atomic mass is 10.1. The normalized spacial score (nSPS) is 13.8. The fourth-order valence-corrected chi connectivity index (χ4v) is 6.48. The number of anilines is 2. The van der Waals surface area contributed by atoms with Gasteiger partial charge in [-0.25, -0.2) is 19.4 Å². The van der Waals surface area contributed by atoms with E-state index < -0.39 is 30.0 Å². The molecule has 3 aromatic rings. The zero-order valence-corrected chi connectivity index (χ0v) is 32.9. The van der Waals surface area contributed by atoms with E-state index in [1.54, 1.807) is 41.3 Å². The van der Waals surface area contributed by atoms with Crippen molar-refractivity contribution in [3.05, 3.63) is 95.5 Å². The van der Waals surface area contributed by atoms with Crippen LogP contribution in [0.1, 0.15) is 64.9 Å². The number of urea groups is 2. The number of ether oxygens (including phenoxy) is 1. The number of nitrogens with zero attached hydrogens (tertiary/aromatic N) is 5. The molecule has 14 heteroatoms. The van der Waals surface area contributed by atoms with Gasteiger partial charge in [0.1, 0.15) is 12.6 Å². The summed E-state index contributed by atoms with van der Waals surface area (Å²) in [6, 6.07) is 23.4. The first-order chi connectivity index (χ1) is 26.6. The number of carbonyl (C=O) groups is 5. The highest BCUT2D eigenvalue weighted by Crippen LogP contribution is 2.30. The van der Waals surface area contributed by atoms with Crippen LogP contribution in [-0.4, -0.2) is 102 Å². The van der Waals surface area contributed by atoms with E-state index in [0.717, 1.165) is 49.1 Å². The minimum Gasteiger partial charge on any atom is -0.443 e. The molecule has 0 radical (unpaired) electrons. The summed E-state index contributed by atoms with van der Waals surface area (Å²) < 4.78 is 5.41. The minimum absolute atomic E-state index is 0.0103. The van der Waals surface area contributed by atoms with E-state index in [4.69, 9.17) is 16.3 Å². The molecule has 296 valence electrons. The van der Waals surface area contributed by atoms with Gasteiger partial charge in [0.25, 0.3) is 0 Å². The first-order valence-electron chi connectivity index (χ1n) is 19.1. The van der Waals surface area contributed by atoms with Gasteiger partial charge in [-0.1, -0.05) is 106 Å². The summed E-state index contributed by atoms with van der Waals surface area (Å²) in [5.41, 5.74) is 4.31. The lowest BCUT2D eigenvalue weighted by Gasteiger charge is -2.43. The molecule has 1 heterocycles. The summed E-state index contributed by atoms with van der Waals surface area (Å²) in [4.78, 5) is 74.4. The van der Waals surface area contributed by atoms with Crippen molar-refractivity contribution in [3.8, 4) is 0 Å². The van der Waals surface area contributed by atoms with Gasteiger partial charge in [0, 0.05) is 44.7 Å². The number of benzene rings is 3. The van der Waals surface area contributed by atoms with Crippen LogP contribution < -0.4 is 15.6 Å². The third-order valence-electron chi connectivity index (χ3n) is 9.16. The molecule has 0 bridgehead atoms. The second-order valence-electron chi connectivity index (χ2n) is 13.4. The molecular formula is C41H54ClN7O6. The van der Waals surface area contributed by atoms with Gasteiger partial charge in [-0.15, -0.1) is 0 Å². The van der Waals surface area contributed by atoms with E-state index >= 15 is 0 Å². The Morgan fingerprint density at radius 3 is 2.04 bits per heavy atom. The Labute approximate surface area is 329 Å². The highest BCUT2D eigenvalue weighted by molar-refractivity contribution is 6.31. The molecule has 1 saturated heterocycles. The Morgan fingerprint density at radius 1 is 0.782 bits per heavy atom. The van der Waals surface area contributed by atoms with E-state index in [-0.39, 0.29) is 45.4 Å². The molecular weight excluding hydrogens is 722 g/mol. The van der Waals surface area contributed by atoms with Crippen LogP contribution in [0.15, 0.2) is 84.9 Å². The summed E-state index contributed by atoms with van der Waals surface area (Å²) in [5, 5.41) is 4.28. The molecule has 0 unspecified atom stereocenters. The molecule has 7 amide bonds. The highest BCUT2D eigenvalue weighted by atomic mass is 35.5. The largest absolute Gasteiger partial charge is 0.443 e. The molecule has 1 atom stereocenters. The van der Waals surface area contributed by atoms with E-state index in [1.165, 1.54) is 16.7 Å². The molecule has 13 nitrogen and oxygen atoms in total. The van der Waals surface area contributed by atoms with Crippen LogP contribution in [0.3, 0.4) is 0 Å².